The fourth-order valence-electron chi connectivity index (χ4n) is 3.48. The maximum atomic E-state index is 12.9. The van der Waals surface area contributed by atoms with Gasteiger partial charge in [0.1, 0.15) is 17.9 Å². The van der Waals surface area contributed by atoms with Gasteiger partial charge in [0.05, 0.1) is 12.6 Å². The van der Waals surface area contributed by atoms with E-state index in [2.05, 4.69) is 0 Å². The van der Waals surface area contributed by atoms with Crippen LogP contribution in [0.4, 0.5) is 13.2 Å². The van der Waals surface area contributed by atoms with Crippen molar-refractivity contribution in [1.82, 2.24) is 9.47 Å². The van der Waals surface area contributed by atoms with Crippen molar-refractivity contribution in [3.05, 3.63) is 64.1 Å². The molecule has 28 heavy (non-hydrogen) atoms. The van der Waals surface area contributed by atoms with Crippen LogP contribution in [0.15, 0.2) is 47.4 Å². The number of hydrogen-bond acceptors (Lipinski definition) is 3. The molecule has 0 N–H and O–H groups in total. The zero-order chi connectivity index (χ0) is 20.3. The number of rotatable bonds is 5. The van der Waals surface area contributed by atoms with E-state index in [0.717, 1.165) is 40.9 Å². The molecule has 0 aliphatic carbocycles. The molecule has 3 rings (SSSR count). The van der Waals surface area contributed by atoms with Gasteiger partial charge in [-0.05, 0) is 49.6 Å². The van der Waals surface area contributed by atoms with Crippen LogP contribution in [0.2, 0.25) is 0 Å². The number of amides is 1. The van der Waals surface area contributed by atoms with E-state index in [4.69, 9.17) is 4.74 Å². The Labute approximate surface area is 160 Å². The molecular formula is C20H21F3N2O3. The van der Waals surface area contributed by atoms with Gasteiger partial charge in [0, 0.05) is 12.7 Å². The molecule has 8 heteroatoms. The number of alkyl halides is 3. The molecule has 0 radical (unpaired) electrons. The summed E-state index contributed by atoms with van der Waals surface area (Å²) >= 11 is 0. The van der Waals surface area contributed by atoms with Crippen LogP contribution >= 0.6 is 0 Å². The molecule has 1 aromatic carbocycles. The second kappa shape index (κ2) is 8.08. The minimum Gasteiger partial charge on any atom is -0.494 e. The number of carbonyl (C=O) groups excluding carboxylic acids is 1. The van der Waals surface area contributed by atoms with Gasteiger partial charge < -0.3 is 14.2 Å². The summed E-state index contributed by atoms with van der Waals surface area (Å²) in [4.78, 5) is 26.4. The quantitative estimate of drug-likeness (QED) is 0.778. The number of halogens is 3. The lowest BCUT2D eigenvalue weighted by molar-refractivity contribution is -0.139. The molecule has 1 amide bonds. The summed E-state index contributed by atoms with van der Waals surface area (Å²) in [7, 11) is 0. The Morgan fingerprint density at radius 1 is 1.21 bits per heavy atom. The van der Waals surface area contributed by atoms with Crippen LogP contribution in [0.3, 0.4) is 0 Å². The van der Waals surface area contributed by atoms with E-state index in [9.17, 15) is 22.8 Å². The summed E-state index contributed by atoms with van der Waals surface area (Å²) in [6, 6.07) is 9.13. The van der Waals surface area contributed by atoms with E-state index >= 15 is 0 Å². The minimum absolute atomic E-state index is 0.162. The zero-order valence-electron chi connectivity index (χ0n) is 15.4. The number of benzene rings is 1. The van der Waals surface area contributed by atoms with Gasteiger partial charge in [-0.25, -0.2) is 0 Å². The molecule has 0 saturated carbocycles. The van der Waals surface area contributed by atoms with Crippen molar-refractivity contribution in [2.45, 2.75) is 38.5 Å². The maximum Gasteiger partial charge on any atom is 0.421 e. The average molecular weight is 394 g/mol. The molecule has 150 valence electrons. The normalized spacial score (nSPS) is 17.0. The van der Waals surface area contributed by atoms with Crippen LogP contribution in [0, 0.1) is 0 Å². The first-order valence-corrected chi connectivity index (χ1v) is 9.10. The number of hydrogen-bond donors (Lipinski definition) is 0. The van der Waals surface area contributed by atoms with E-state index in [-0.39, 0.29) is 11.9 Å². The molecule has 1 aliphatic heterocycles. The lowest BCUT2D eigenvalue weighted by Crippen LogP contribution is -2.37. The van der Waals surface area contributed by atoms with E-state index in [1.54, 1.807) is 4.90 Å². The molecule has 1 aliphatic rings. The third-order valence-electron chi connectivity index (χ3n) is 4.78. The predicted molar refractivity (Wildman–Crippen MR) is 97.0 cm³/mol. The summed E-state index contributed by atoms with van der Waals surface area (Å²) in [5, 5.41) is 0. The van der Waals surface area contributed by atoms with Crippen molar-refractivity contribution in [1.29, 1.82) is 0 Å². The van der Waals surface area contributed by atoms with Crippen molar-refractivity contribution >= 4 is 5.91 Å². The second-order valence-corrected chi connectivity index (χ2v) is 6.60. The lowest BCUT2D eigenvalue weighted by atomic mass is 10.0. The second-order valence-electron chi connectivity index (χ2n) is 6.60. The fourth-order valence-corrected chi connectivity index (χ4v) is 3.48. The largest absolute Gasteiger partial charge is 0.494 e. The Hall–Kier alpha value is -2.77. The standard InChI is InChI=1S/C20H21F3N2O3/c1-2-28-15-9-7-14(8-10-15)17-6-4-12-25(17)18(26)13-24-11-3-5-16(19(24)27)20(21,22)23/h3,5,7-11,17H,2,4,6,12-13H2,1H3. The monoisotopic (exact) mass is 394 g/mol. The van der Waals surface area contributed by atoms with Crippen molar-refractivity contribution in [2.75, 3.05) is 13.2 Å². The molecule has 2 aromatic rings. The third-order valence-corrected chi connectivity index (χ3v) is 4.78. The van der Waals surface area contributed by atoms with E-state index in [0.29, 0.717) is 13.2 Å². The Morgan fingerprint density at radius 3 is 2.57 bits per heavy atom. The van der Waals surface area contributed by atoms with Gasteiger partial charge in [-0.15, -0.1) is 0 Å². The van der Waals surface area contributed by atoms with Crippen LogP contribution in [0.1, 0.15) is 36.9 Å². The number of pyridine rings is 1. The Kier molecular flexibility index (Phi) is 5.76. The summed E-state index contributed by atoms with van der Waals surface area (Å²) in [6.07, 6.45) is -1.99. The molecule has 2 heterocycles. The van der Waals surface area contributed by atoms with Crippen LogP contribution in [-0.2, 0) is 17.5 Å². The highest BCUT2D eigenvalue weighted by atomic mass is 19.4. The average Bonchev–Trinajstić information content (AvgIpc) is 3.13. The highest BCUT2D eigenvalue weighted by Crippen LogP contribution is 2.33. The molecule has 1 aromatic heterocycles. The molecule has 5 nitrogen and oxygen atoms in total. The fraction of sp³-hybridized carbons (Fsp3) is 0.400. The Morgan fingerprint density at radius 2 is 1.93 bits per heavy atom. The van der Waals surface area contributed by atoms with E-state index in [1.165, 1.54) is 6.20 Å². The Balaban J connectivity index is 1.78. The van der Waals surface area contributed by atoms with Gasteiger partial charge in [0.2, 0.25) is 5.91 Å². The van der Waals surface area contributed by atoms with Crippen molar-refractivity contribution in [3.63, 3.8) is 0 Å². The van der Waals surface area contributed by atoms with Gasteiger partial charge >= 0.3 is 6.18 Å². The first-order chi connectivity index (χ1) is 13.3. The molecule has 1 saturated heterocycles. The van der Waals surface area contributed by atoms with Crippen LogP contribution < -0.4 is 10.3 Å². The third kappa shape index (κ3) is 4.21. The van der Waals surface area contributed by atoms with Crippen LogP contribution in [-0.4, -0.2) is 28.5 Å². The smallest absolute Gasteiger partial charge is 0.421 e. The van der Waals surface area contributed by atoms with Gasteiger partial charge in [-0.3, -0.25) is 9.59 Å². The van der Waals surface area contributed by atoms with Gasteiger partial charge in [-0.1, -0.05) is 12.1 Å². The summed E-state index contributed by atoms with van der Waals surface area (Å²) < 4.78 is 45.0. The molecule has 0 bridgehead atoms. The van der Waals surface area contributed by atoms with E-state index < -0.39 is 23.8 Å². The topological polar surface area (TPSA) is 51.5 Å². The number of aromatic nitrogens is 1. The van der Waals surface area contributed by atoms with Crippen molar-refractivity contribution in [2.24, 2.45) is 0 Å². The van der Waals surface area contributed by atoms with Crippen molar-refractivity contribution in [3.8, 4) is 5.75 Å². The summed E-state index contributed by atoms with van der Waals surface area (Å²) in [5.74, 6) is 0.357. The summed E-state index contributed by atoms with van der Waals surface area (Å²) in [6.45, 7) is 2.53. The van der Waals surface area contributed by atoms with E-state index in [1.807, 2.05) is 31.2 Å². The number of likely N-dealkylation sites (tertiary alicyclic amines) is 1. The predicted octanol–water partition coefficient (Wildman–Crippen LogP) is 3.63. The van der Waals surface area contributed by atoms with Crippen LogP contribution in [0.25, 0.3) is 0 Å². The molecule has 0 spiro atoms. The Bertz CT molecular complexity index is 891. The lowest BCUT2D eigenvalue weighted by Gasteiger charge is -2.25. The first-order valence-electron chi connectivity index (χ1n) is 9.10. The van der Waals surface area contributed by atoms with Crippen LogP contribution in [0.5, 0.6) is 5.75 Å². The maximum absolute atomic E-state index is 12.9. The highest BCUT2D eigenvalue weighted by Gasteiger charge is 2.35. The molecule has 1 unspecified atom stereocenters. The minimum atomic E-state index is -4.75. The first kappa shape index (κ1) is 20.0. The molecule has 1 atom stereocenters. The summed E-state index contributed by atoms with van der Waals surface area (Å²) in [5.41, 5.74) is -1.54. The number of carbonyl (C=O) groups is 1. The zero-order valence-corrected chi connectivity index (χ0v) is 15.4. The van der Waals surface area contributed by atoms with Gasteiger partial charge in [-0.2, -0.15) is 13.2 Å². The highest BCUT2D eigenvalue weighted by molar-refractivity contribution is 5.77. The number of nitrogens with zero attached hydrogens (tertiary/aromatic N) is 2. The molecular weight excluding hydrogens is 373 g/mol. The van der Waals surface area contributed by atoms with Crippen molar-refractivity contribution < 1.29 is 22.7 Å². The molecule has 1 fully saturated rings. The number of ether oxygens (including phenoxy) is 1. The van der Waals surface area contributed by atoms with Gasteiger partial charge in [0.15, 0.2) is 0 Å². The SMILES string of the molecule is CCOc1ccc(C2CCCN2C(=O)Cn2cccc(C(F)(F)F)c2=O)cc1. The van der Waals surface area contributed by atoms with Gasteiger partial charge in [0.25, 0.3) is 5.56 Å².